The van der Waals surface area contributed by atoms with Crippen molar-refractivity contribution in [3.63, 3.8) is 0 Å². The van der Waals surface area contributed by atoms with E-state index in [4.69, 9.17) is 15.0 Å². The molecule has 0 saturated carbocycles. The molecule has 0 radical (unpaired) electrons. The topological polar surface area (TPSA) is 74.2 Å². The zero-order chi connectivity index (χ0) is 13.1. The zero-order valence-corrected chi connectivity index (χ0v) is 11.4. The average molecular weight is 241 g/mol. The van der Waals surface area contributed by atoms with Gasteiger partial charge >= 0.3 is 0 Å². The highest BCUT2D eigenvalue weighted by Gasteiger charge is 2.31. The first kappa shape index (κ1) is 14.1. The van der Waals surface area contributed by atoms with Crippen molar-refractivity contribution in [2.75, 3.05) is 13.7 Å². The summed E-state index contributed by atoms with van der Waals surface area (Å²) >= 11 is 0. The molecule has 0 amide bonds. The zero-order valence-electron chi connectivity index (χ0n) is 11.4. The van der Waals surface area contributed by atoms with Gasteiger partial charge < -0.3 is 15.0 Å². The van der Waals surface area contributed by atoms with Gasteiger partial charge in [-0.2, -0.15) is 4.98 Å². The highest BCUT2D eigenvalue weighted by atomic mass is 16.5. The summed E-state index contributed by atoms with van der Waals surface area (Å²) in [6.07, 6.45) is 0.680. The van der Waals surface area contributed by atoms with E-state index in [-0.39, 0.29) is 17.4 Å². The number of nitrogens with two attached hydrogens (primary N) is 1. The van der Waals surface area contributed by atoms with Gasteiger partial charge in [-0.15, -0.1) is 0 Å². The van der Waals surface area contributed by atoms with Gasteiger partial charge in [0, 0.05) is 13.0 Å². The van der Waals surface area contributed by atoms with Crippen LogP contribution in [0.2, 0.25) is 0 Å². The molecule has 5 nitrogen and oxygen atoms in total. The predicted molar refractivity (Wildman–Crippen MR) is 65.6 cm³/mol. The lowest BCUT2D eigenvalue weighted by Gasteiger charge is -2.26. The van der Waals surface area contributed by atoms with Crippen molar-refractivity contribution >= 4 is 0 Å². The van der Waals surface area contributed by atoms with Gasteiger partial charge in [0.25, 0.3) is 0 Å². The maximum Gasteiger partial charge on any atom is 0.229 e. The Morgan fingerprint density at radius 1 is 1.41 bits per heavy atom. The molecule has 0 aliphatic heterocycles. The van der Waals surface area contributed by atoms with Crippen molar-refractivity contribution in [3.8, 4) is 0 Å². The van der Waals surface area contributed by atoms with Gasteiger partial charge in [0.05, 0.1) is 0 Å². The van der Waals surface area contributed by atoms with Gasteiger partial charge in [0.1, 0.15) is 6.10 Å². The SMILES string of the molecule is COC(c1noc(C(C)CCN)n1)C(C)(C)C. The molecule has 0 aromatic carbocycles. The highest BCUT2D eigenvalue weighted by Crippen LogP contribution is 2.34. The fourth-order valence-corrected chi connectivity index (χ4v) is 1.77. The summed E-state index contributed by atoms with van der Waals surface area (Å²) in [6, 6.07) is 0. The highest BCUT2D eigenvalue weighted by molar-refractivity contribution is 4.99. The Morgan fingerprint density at radius 2 is 2.06 bits per heavy atom. The number of hydrogen-bond acceptors (Lipinski definition) is 5. The molecule has 1 aromatic heterocycles. The van der Waals surface area contributed by atoms with Crippen LogP contribution in [-0.4, -0.2) is 23.8 Å². The van der Waals surface area contributed by atoms with E-state index >= 15 is 0 Å². The monoisotopic (exact) mass is 241 g/mol. The first-order chi connectivity index (χ1) is 7.90. The third-order valence-corrected chi connectivity index (χ3v) is 2.74. The van der Waals surface area contributed by atoms with Gasteiger partial charge in [-0.05, 0) is 18.4 Å². The van der Waals surface area contributed by atoms with Crippen molar-refractivity contribution < 1.29 is 9.26 Å². The fourth-order valence-electron chi connectivity index (χ4n) is 1.77. The molecule has 98 valence electrons. The molecule has 0 aliphatic rings. The second kappa shape index (κ2) is 5.60. The second-order valence-corrected chi connectivity index (χ2v) is 5.45. The second-order valence-electron chi connectivity index (χ2n) is 5.45. The van der Waals surface area contributed by atoms with Crippen molar-refractivity contribution in [1.82, 2.24) is 10.1 Å². The van der Waals surface area contributed by atoms with Crippen LogP contribution in [0.1, 0.15) is 57.9 Å². The minimum absolute atomic E-state index is 0.0625. The molecule has 1 aromatic rings. The van der Waals surface area contributed by atoms with Crippen LogP contribution >= 0.6 is 0 Å². The maximum absolute atomic E-state index is 5.51. The van der Waals surface area contributed by atoms with Crippen LogP contribution in [0.15, 0.2) is 4.52 Å². The molecule has 5 heteroatoms. The van der Waals surface area contributed by atoms with E-state index < -0.39 is 0 Å². The van der Waals surface area contributed by atoms with E-state index in [1.807, 2.05) is 6.92 Å². The average Bonchev–Trinajstić information content (AvgIpc) is 2.66. The Balaban J connectivity index is 2.86. The molecule has 0 aliphatic carbocycles. The standard InChI is InChI=1S/C12H23N3O2/c1-8(6-7-13)11-14-10(15-17-11)9(16-5)12(2,3)4/h8-9H,6-7,13H2,1-5H3. The first-order valence-corrected chi connectivity index (χ1v) is 5.96. The Hall–Kier alpha value is -0.940. The van der Waals surface area contributed by atoms with Crippen LogP contribution in [0.4, 0.5) is 0 Å². The minimum Gasteiger partial charge on any atom is -0.373 e. The fraction of sp³-hybridized carbons (Fsp3) is 0.833. The van der Waals surface area contributed by atoms with E-state index in [2.05, 4.69) is 30.9 Å². The van der Waals surface area contributed by atoms with Gasteiger partial charge in [0.2, 0.25) is 11.7 Å². The van der Waals surface area contributed by atoms with Gasteiger partial charge in [-0.1, -0.05) is 32.9 Å². The number of rotatable bonds is 5. The van der Waals surface area contributed by atoms with E-state index in [1.54, 1.807) is 7.11 Å². The predicted octanol–water partition coefficient (Wildman–Crippen LogP) is 2.26. The molecular formula is C12H23N3O2. The molecule has 0 spiro atoms. The van der Waals surface area contributed by atoms with Crippen LogP contribution in [0, 0.1) is 5.41 Å². The smallest absolute Gasteiger partial charge is 0.229 e. The van der Waals surface area contributed by atoms with E-state index in [1.165, 1.54) is 0 Å². The summed E-state index contributed by atoms with van der Waals surface area (Å²) in [7, 11) is 1.66. The molecule has 0 saturated heterocycles. The van der Waals surface area contributed by atoms with Gasteiger partial charge in [-0.25, -0.2) is 0 Å². The van der Waals surface area contributed by atoms with Crippen LogP contribution in [0.5, 0.6) is 0 Å². The minimum atomic E-state index is -0.162. The van der Waals surface area contributed by atoms with Crippen LogP contribution < -0.4 is 5.73 Å². The Labute approximate surface area is 103 Å². The molecule has 1 rings (SSSR count). The Bertz CT molecular complexity index is 344. The Morgan fingerprint density at radius 3 is 2.53 bits per heavy atom. The summed E-state index contributed by atoms with van der Waals surface area (Å²) in [5, 5.41) is 4.01. The summed E-state index contributed by atoms with van der Waals surface area (Å²) in [4.78, 5) is 4.41. The van der Waals surface area contributed by atoms with E-state index in [0.717, 1.165) is 6.42 Å². The summed E-state index contributed by atoms with van der Waals surface area (Å²) in [5.74, 6) is 1.44. The summed E-state index contributed by atoms with van der Waals surface area (Å²) < 4.78 is 10.7. The summed E-state index contributed by atoms with van der Waals surface area (Å²) in [6.45, 7) is 8.90. The number of ether oxygens (including phenoxy) is 1. The lowest BCUT2D eigenvalue weighted by Crippen LogP contribution is -2.21. The van der Waals surface area contributed by atoms with Gasteiger partial charge in [-0.3, -0.25) is 0 Å². The van der Waals surface area contributed by atoms with E-state index in [9.17, 15) is 0 Å². The molecule has 2 unspecified atom stereocenters. The van der Waals surface area contributed by atoms with Crippen LogP contribution in [0.3, 0.4) is 0 Å². The summed E-state index contributed by atoms with van der Waals surface area (Å²) in [5.41, 5.74) is 5.45. The van der Waals surface area contributed by atoms with Gasteiger partial charge in [0.15, 0.2) is 0 Å². The quantitative estimate of drug-likeness (QED) is 0.855. The number of nitrogens with zero attached hydrogens (tertiary/aromatic N) is 2. The van der Waals surface area contributed by atoms with Crippen molar-refractivity contribution in [2.24, 2.45) is 11.1 Å². The Kier molecular flexibility index (Phi) is 4.65. The van der Waals surface area contributed by atoms with Crippen molar-refractivity contribution in [2.45, 2.75) is 46.1 Å². The van der Waals surface area contributed by atoms with Crippen molar-refractivity contribution in [3.05, 3.63) is 11.7 Å². The number of aromatic nitrogens is 2. The number of methoxy groups -OCH3 is 1. The molecule has 2 atom stereocenters. The third kappa shape index (κ3) is 3.51. The molecule has 0 fully saturated rings. The van der Waals surface area contributed by atoms with Crippen molar-refractivity contribution in [1.29, 1.82) is 0 Å². The molecule has 0 bridgehead atoms. The molecule has 17 heavy (non-hydrogen) atoms. The third-order valence-electron chi connectivity index (χ3n) is 2.74. The number of hydrogen-bond donors (Lipinski definition) is 1. The molecule has 1 heterocycles. The lowest BCUT2D eigenvalue weighted by atomic mass is 9.88. The molecule has 2 N–H and O–H groups in total. The lowest BCUT2D eigenvalue weighted by molar-refractivity contribution is 0.00718. The largest absolute Gasteiger partial charge is 0.373 e. The maximum atomic E-state index is 5.51. The normalized spacial score (nSPS) is 15.9. The van der Waals surface area contributed by atoms with Crippen LogP contribution in [0.25, 0.3) is 0 Å². The first-order valence-electron chi connectivity index (χ1n) is 5.96. The van der Waals surface area contributed by atoms with E-state index in [0.29, 0.717) is 18.3 Å². The van der Waals surface area contributed by atoms with Crippen LogP contribution in [-0.2, 0) is 4.74 Å². The molecular weight excluding hydrogens is 218 g/mol.